The Balaban J connectivity index is 0. The Bertz CT molecular complexity index is 668. The third kappa shape index (κ3) is 8.78. The van der Waals surface area contributed by atoms with E-state index in [1.807, 2.05) is 27.7 Å². The highest BCUT2D eigenvalue weighted by molar-refractivity contribution is 5.74. The minimum atomic E-state index is 1.12. The van der Waals surface area contributed by atoms with Gasteiger partial charge in [-0.1, -0.05) is 116 Å². The second kappa shape index (κ2) is 16.6. The number of benzene rings is 1. The lowest BCUT2D eigenvalue weighted by atomic mass is 9.86. The first-order chi connectivity index (χ1) is 13.0. The van der Waals surface area contributed by atoms with E-state index in [9.17, 15) is 0 Å². The molecule has 154 valence electrons. The van der Waals surface area contributed by atoms with Gasteiger partial charge in [-0.05, 0) is 54.7 Å². The quantitative estimate of drug-likeness (QED) is 0.492. The maximum absolute atomic E-state index is 4.15. The molecule has 0 nitrogen and oxygen atoms in total. The van der Waals surface area contributed by atoms with E-state index in [0.29, 0.717) is 0 Å². The summed E-state index contributed by atoms with van der Waals surface area (Å²) in [6.45, 7) is 27.2. The summed E-state index contributed by atoms with van der Waals surface area (Å²) in [5, 5.41) is 2.81. The number of hydrogen-bond donors (Lipinski definition) is 0. The van der Waals surface area contributed by atoms with Crippen LogP contribution in [0.15, 0.2) is 36.9 Å². The Morgan fingerprint density at radius 2 is 1.41 bits per heavy atom. The molecule has 0 unspecified atom stereocenters. The third-order valence-corrected chi connectivity index (χ3v) is 4.53. The Morgan fingerprint density at radius 3 is 1.78 bits per heavy atom. The standard InChI is InChI=1S/C18H22.C5H12.2C2H6/c1-6-14-10-11-16(13(4)5)18-15(12(2)3)8-7-9-17(14)18;1-3-5-4-2;2*1-2/h7-9H,2,4,6,10-11H2,1,3,5H3;3-5H2,1-2H3;2*1-2H3. The van der Waals surface area contributed by atoms with Crippen LogP contribution in [0.25, 0.3) is 16.7 Å². The molecular formula is C27H46. The molecule has 1 aliphatic carbocycles. The van der Waals surface area contributed by atoms with Crippen LogP contribution in [0.2, 0.25) is 0 Å². The second-order valence-electron chi connectivity index (χ2n) is 6.58. The van der Waals surface area contributed by atoms with Crippen LogP contribution in [-0.2, 0) is 0 Å². The van der Waals surface area contributed by atoms with E-state index in [-0.39, 0.29) is 0 Å². The van der Waals surface area contributed by atoms with Crippen LogP contribution in [0.4, 0.5) is 0 Å². The van der Waals surface area contributed by atoms with Crippen LogP contribution in [0.5, 0.6) is 0 Å². The van der Waals surface area contributed by atoms with E-state index >= 15 is 0 Å². The van der Waals surface area contributed by atoms with Crippen molar-refractivity contribution in [3.8, 4) is 0 Å². The lowest BCUT2D eigenvalue weighted by Gasteiger charge is -2.18. The zero-order valence-corrected chi connectivity index (χ0v) is 19.9. The van der Waals surface area contributed by atoms with Gasteiger partial charge in [-0.25, -0.2) is 0 Å². The van der Waals surface area contributed by atoms with E-state index in [1.165, 1.54) is 52.8 Å². The predicted molar refractivity (Wildman–Crippen MR) is 129 cm³/mol. The van der Waals surface area contributed by atoms with E-state index in [0.717, 1.165) is 18.4 Å². The third-order valence-electron chi connectivity index (χ3n) is 4.53. The molecule has 1 aromatic carbocycles. The molecule has 0 amide bonds. The summed E-state index contributed by atoms with van der Waals surface area (Å²) in [4.78, 5) is 0. The molecule has 0 fully saturated rings. The topological polar surface area (TPSA) is 0 Å². The number of fused-ring (bicyclic) bond motifs is 1. The first kappa shape index (κ1) is 27.7. The van der Waals surface area contributed by atoms with Gasteiger partial charge in [-0.15, -0.1) is 0 Å². The van der Waals surface area contributed by atoms with Gasteiger partial charge in [0.15, 0.2) is 0 Å². The van der Waals surface area contributed by atoms with E-state index in [1.54, 1.807) is 5.57 Å². The minimum absolute atomic E-state index is 1.12. The fraction of sp³-hybridized carbons (Fsp3) is 0.556. The molecular weight excluding hydrogens is 324 g/mol. The summed E-state index contributed by atoms with van der Waals surface area (Å²) >= 11 is 0. The van der Waals surface area contributed by atoms with Crippen molar-refractivity contribution in [2.75, 3.05) is 0 Å². The second-order valence-corrected chi connectivity index (χ2v) is 6.58. The zero-order chi connectivity index (χ0) is 21.4. The van der Waals surface area contributed by atoms with Crippen LogP contribution >= 0.6 is 0 Å². The van der Waals surface area contributed by atoms with Gasteiger partial charge in [0.25, 0.3) is 0 Å². The summed E-state index contributed by atoms with van der Waals surface area (Å²) in [5.41, 5.74) is 6.61. The average Bonchev–Trinajstić information content (AvgIpc) is 2.70. The fourth-order valence-corrected chi connectivity index (χ4v) is 3.21. The molecule has 1 aliphatic rings. The highest BCUT2D eigenvalue weighted by Gasteiger charge is 2.13. The molecule has 0 heteroatoms. The lowest BCUT2D eigenvalue weighted by Crippen LogP contribution is -2.35. The summed E-state index contributed by atoms with van der Waals surface area (Å²) in [6.07, 6.45) is 7.50. The molecule has 2 rings (SSSR count). The summed E-state index contributed by atoms with van der Waals surface area (Å²) in [6, 6.07) is 6.59. The van der Waals surface area contributed by atoms with Crippen LogP contribution < -0.4 is 10.4 Å². The van der Waals surface area contributed by atoms with Crippen molar-refractivity contribution in [2.45, 2.75) is 101 Å². The molecule has 0 aliphatic heterocycles. The molecule has 0 aromatic heterocycles. The number of allylic oxidation sites excluding steroid dienone is 2. The largest absolute Gasteiger partial charge is 0.0958 e. The first-order valence-corrected chi connectivity index (χ1v) is 11.1. The Hall–Kier alpha value is -1.56. The Kier molecular flexibility index (Phi) is 17.0. The van der Waals surface area contributed by atoms with Crippen molar-refractivity contribution < 1.29 is 0 Å². The first-order valence-electron chi connectivity index (χ1n) is 11.1. The van der Waals surface area contributed by atoms with Gasteiger partial charge in [0, 0.05) is 0 Å². The zero-order valence-electron chi connectivity index (χ0n) is 19.9. The molecule has 0 saturated heterocycles. The van der Waals surface area contributed by atoms with Gasteiger partial charge >= 0.3 is 0 Å². The van der Waals surface area contributed by atoms with Crippen molar-refractivity contribution in [3.63, 3.8) is 0 Å². The highest BCUT2D eigenvalue weighted by Crippen LogP contribution is 2.23. The predicted octanol–water partition coefficient (Wildman–Crippen LogP) is 8.05. The lowest BCUT2D eigenvalue weighted by molar-refractivity contribution is 0.772. The highest BCUT2D eigenvalue weighted by atomic mass is 14.2. The molecule has 0 atom stereocenters. The van der Waals surface area contributed by atoms with Gasteiger partial charge in [0.05, 0.1) is 0 Å². The summed E-state index contributed by atoms with van der Waals surface area (Å²) in [7, 11) is 0. The van der Waals surface area contributed by atoms with E-state index in [4.69, 9.17) is 0 Å². The van der Waals surface area contributed by atoms with E-state index in [2.05, 4.69) is 66.0 Å². The average molecular weight is 371 g/mol. The SMILES string of the molecule is C=C(C)C1=c2c(C(=C)C)cccc2=C(CC)CC1.CC.CC.CCCCC. The van der Waals surface area contributed by atoms with Crippen molar-refractivity contribution in [1.82, 2.24) is 0 Å². The Labute approximate surface area is 170 Å². The van der Waals surface area contributed by atoms with Crippen molar-refractivity contribution >= 4 is 16.7 Å². The van der Waals surface area contributed by atoms with Crippen LogP contribution in [-0.4, -0.2) is 0 Å². The van der Waals surface area contributed by atoms with Crippen LogP contribution in [0, 0.1) is 0 Å². The maximum Gasteiger partial charge on any atom is -0.00748 e. The molecule has 1 aromatic rings. The molecule has 0 saturated carbocycles. The normalized spacial score (nSPS) is 11.6. The van der Waals surface area contributed by atoms with Gasteiger partial charge in [-0.3, -0.25) is 0 Å². The van der Waals surface area contributed by atoms with Gasteiger partial charge < -0.3 is 0 Å². The van der Waals surface area contributed by atoms with Crippen LogP contribution in [0.3, 0.4) is 0 Å². The molecule has 27 heavy (non-hydrogen) atoms. The summed E-state index contributed by atoms with van der Waals surface area (Å²) in [5.74, 6) is 0. The van der Waals surface area contributed by atoms with Crippen molar-refractivity contribution in [2.24, 2.45) is 0 Å². The van der Waals surface area contributed by atoms with Gasteiger partial charge in [-0.2, -0.15) is 0 Å². The molecule has 0 bridgehead atoms. The number of hydrogen-bond acceptors (Lipinski definition) is 0. The van der Waals surface area contributed by atoms with Crippen molar-refractivity contribution in [1.29, 1.82) is 0 Å². The van der Waals surface area contributed by atoms with E-state index < -0.39 is 0 Å². The fourth-order valence-electron chi connectivity index (χ4n) is 3.21. The monoisotopic (exact) mass is 370 g/mol. The number of rotatable bonds is 5. The minimum Gasteiger partial charge on any atom is -0.0958 e. The Morgan fingerprint density at radius 1 is 0.852 bits per heavy atom. The van der Waals surface area contributed by atoms with Gasteiger partial charge in [0.1, 0.15) is 0 Å². The maximum atomic E-state index is 4.15. The van der Waals surface area contributed by atoms with Gasteiger partial charge in [0.2, 0.25) is 0 Å². The van der Waals surface area contributed by atoms with Crippen molar-refractivity contribution in [3.05, 3.63) is 52.9 Å². The van der Waals surface area contributed by atoms with Crippen LogP contribution in [0.1, 0.15) is 106 Å². The molecule has 0 N–H and O–H groups in total. The summed E-state index contributed by atoms with van der Waals surface area (Å²) < 4.78 is 0. The number of unbranched alkanes of at least 4 members (excludes halogenated alkanes) is 2. The smallest absolute Gasteiger partial charge is 0.00748 e. The molecule has 0 heterocycles. The molecule has 0 spiro atoms. The molecule has 0 radical (unpaired) electrons.